The molecule has 2 atom stereocenters. The Hall–Kier alpha value is -1.06. The minimum Gasteiger partial charge on any atom is -0.508 e. The SMILES string of the molecule is CCCN1CCN[C@H]2c3cc(O)ccc3CC[C@@H]21. The molecule has 1 aromatic carbocycles. The van der Waals surface area contributed by atoms with Gasteiger partial charge in [0.05, 0.1) is 0 Å². The Kier molecular flexibility index (Phi) is 3.27. The summed E-state index contributed by atoms with van der Waals surface area (Å²) in [5, 5.41) is 13.3. The number of hydrogen-bond donors (Lipinski definition) is 2. The first kappa shape index (κ1) is 12.0. The van der Waals surface area contributed by atoms with Crippen LogP contribution in [0.4, 0.5) is 0 Å². The Morgan fingerprint density at radius 3 is 3.17 bits per heavy atom. The van der Waals surface area contributed by atoms with Crippen molar-refractivity contribution in [2.75, 3.05) is 19.6 Å². The highest BCUT2D eigenvalue weighted by Crippen LogP contribution is 2.36. The summed E-state index contributed by atoms with van der Waals surface area (Å²) in [4.78, 5) is 2.62. The van der Waals surface area contributed by atoms with Crippen molar-refractivity contribution in [3.05, 3.63) is 29.3 Å². The Morgan fingerprint density at radius 1 is 1.44 bits per heavy atom. The number of nitrogens with zero attached hydrogens (tertiary/aromatic N) is 1. The molecule has 3 rings (SSSR count). The van der Waals surface area contributed by atoms with Crippen LogP contribution in [0, 0.1) is 0 Å². The number of fused-ring (bicyclic) bond motifs is 3. The van der Waals surface area contributed by atoms with Gasteiger partial charge in [0.2, 0.25) is 0 Å². The van der Waals surface area contributed by atoms with Crippen LogP contribution in [0.3, 0.4) is 0 Å². The van der Waals surface area contributed by atoms with E-state index in [0.29, 0.717) is 17.8 Å². The van der Waals surface area contributed by atoms with Gasteiger partial charge in [0.25, 0.3) is 0 Å². The number of nitrogens with one attached hydrogen (secondary N) is 1. The van der Waals surface area contributed by atoms with Gasteiger partial charge in [0.15, 0.2) is 0 Å². The number of hydrogen-bond acceptors (Lipinski definition) is 3. The first-order chi connectivity index (χ1) is 8.79. The highest BCUT2D eigenvalue weighted by atomic mass is 16.3. The quantitative estimate of drug-likeness (QED) is 0.838. The van der Waals surface area contributed by atoms with Crippen LogP contribution in [0.5, 0.6) is 5.75 Å². The summed E-state index contributed by atoms with van der Waals surface area (Å²) in [6.07, 6.45) is 3.59. The Bertz CT molecular complexity index is 431. The maximum Gasteiger partial charge on any atom is 0.115 e. The average molecular weight is 246 g/mol. The predicted molar refractivity (Wildman–Crippen MR) is 72.8 cm³/mol. The number of phenols is 1. The normalized spacial score (nSPS) is 27.6. The van der Waals surface area contributed by atoms with Crippen molar-refractivity contribution in [2.24, 2.45) is 0 Å². The van der Waals surface area contributed by atoms with Gasteiger partial charge in [-0.3, -0.25) is 4.90 Å². The molecule has 1 heterocycles. The summed E-state index contributed by atoms with van der Waals surface area (Å²) in [6.45, 7) is 5.65. The maximum absolute atomic E-state index is 9.71. The van der Waals surface area contributed by atoms with Crippen LogP contribution in [0.15, 0.2) is 18.2 Å². The van der Waals surface area contributed by atoms with Crippen LogP contribution >= 0.6 is 0 Å². The molecule has 0 spiro atoms. The lowest BCUT2D eigenvalue weighted by molar-refractivity contribution is 0.105. The van der Waals surface area contributed by atoms with Gasteiger partial charge in [-0.15, -0.1) is 0 Å². The van der Waals surface area contributed by atoms with Crippen LogP contribution in [-0.2, 0) is 6.42 Å². The third kappa shape index (κ3) is 2.02. The average Bonchev–Trinajstić information content (AvgIpc) is 2.39. The summed E-state index contributed by atoms with van der Waals surface area (Å²) < 4.78 is 0. The third-order valence-corrected chi connectivity index (χ3v) is 4.30. The smallest absolute Gasteiger partial charge is 0.115 e. The minimum atomic E-state index is 0.392. The highest BCUT2D eigenvalue weighted by Gasteiger charge is 2.35. The zero-order valence-corrected chi connectivity index (χ0v) is 11.0. The standard InChI is InChI=1S/C15H22N2O/c1-2-8-17-9-7-16-15-13-10-12(18)5-3-11(13)4-6-14(15)17/h3,5,10,14-16,18H,2,4,6-9H2,1H3/t14-,15-/m0/s1. The van der Waals surface area contributed by atoms with E-state index in [1.54, 1.807) is 0 Å². The van der Waals surface area contributed by atoms with Gasteiger partial charge >= 0.3 is 0 Å². The molecule has 1 fully saturated rings. The maximum atomic E-state index is 9.71. The highest BCUT2D eigenvalue weighted by molar-refractivity contribution is 5.40. The molecule has 1 aliphatic carbocycles. The molecule has 18 heavy (non-hydrogen) atoms. The van der Waals surface area contributed by atoms with Gasteiger partial charge in [-0.2, -0.15) is 0 Å². The Balaban J connectivity index is 1.91. The van der Waals surface area contributed by atoms with Crippen molar-refractivity contribution in [3.8, 4) is 5.75 Å². The molecule has 3 heteroatoms. The van der Waals surface area contributed by atoms with Crippen molar-refractivity contribution in [3.63, 3.8) is 0 Å². The van der Waals surface area contributed by atoms with Crippen LogP contribution < -0.4 is 5.32 Å². The summed E-state index contributed by atoms with van der Waals surface area (Å²) in [6, 6.07) is 6.86. The van der Waals surface area contributed by atoms with E-state index in [1.165, 1.54) is 30.5 Å². The van der Waals surface area contributed by atoms with E-state index >= 15 is 0 Å². The fourth-order valence-electron chi connectivity index (χ4n) is 3.51. The molecule has 0 radical (unpaired) electrons. The number of aromatic hydroxyl groups is 1. The second-order valence-electron chi connectivity index (χ2n) is 5.46. The number of aryl methyl sites for hydroxylation is 1. The molecule has 0 amide bonds. The van der Waals surface area contributed by atoms with E-state index < -0.39 is 0 Å². The third-order valence-electron chi connectivity index (χ3n) is 4.30. The Labute approximate surface area is 109 Å². The van der Waals surface area contributed by atoms with E-state index in [2.05, 4.69) is 23.2 Å². The number of rotatable bonds is 2. The van der Waals surface area contributed by atoms with E-state index in [-0.39, 0.29) is 0 Å². The van der Waals surface area contributed by atoms with Crippen LogP contribution in [0.25, 0.3) is 0 Å². The van der Waals surface area contributed by atoms with Gasteiger partial charge < -0.3 is 10.4 Å². The lowest BCUT2D eigenvalue weighted by atomic mass is 9.82. The van der Waals surface area contributed by atoms with E-state index in [9.17, 15) is 5.11 Å². The summed E-state index contributed by atoms with van der Waals surface area (Å²) >= 11 is 0. The van der Waals surface area contributed by atoms with Crippen LogP contribution in [0.2, 0.25) is 0 Å². The molecule has 1 aliphatic heterocycles. The van der Waals surface area contributed by atoms with Crippen LogP contribution in [0.1, 0.15) is 36.9 Å². The van der Waals surface area contributed by atoms with Gasteiger partial charge in [0, 0.05) is 25.2 Å². The first-order valence-corrected chi connectivity index (χ1v) is 7.09. The predicted octanol–water partition coefficient (Wildman–Crippen LogP) is 2.06. The monoisotopic (exact) mass is 246 g/mol. The van der Waals surface area contributed by atoms with Crippen molar-refractivity contribution in [1.29, 1.82) is 0 Å². The summed E-state index contributed by atoms with van der Waals surface area (Å²) in [5.74, 6) is 0.392. The lowest BCUT2D eigenvalue weighted by Gasteiger charge is -2.45. The minimum absolute atomic E-state index is 0.392. The number of phenolic OH excluding ortho intramolecular Hbond substituents is 1. The molecule has 98 valence electrons. The van der Waals surface area contributed by atoms with Gasteiger partial charge in [0.1, 0.15) is 5.75 Å². The van der Waals surface area contributed by atoms with Crippen molar-refractivity contribution < 1.29 is 5.11 Å². The summed E-state index contributed by atoms with van der Waals surface area (Å²) in [7, 11) is 0. The molecular formula is C15H22N2O. The molecule has 0 unspecified atom stereocenters. The van der Waals surface area contributed by atoms with E-state index in [0.717, 1.165) is 19.5 Å². The molecule has 1 aromatic rings. The molecular weight excluding hydrogens is 224 g/mol. The second-order valence-corrected chi connectivity index (χ2v) is 5.46. The molecule has 1 saturated heterocycles. The lowest BCUT2D eigenvalue weighted by Crippen LogP contribution is -2.54. The molecule has 0 aromatic heterocycles. The molecule has 3 nitrogen and oxygen atoms in total. The first-order valence-electron chi connectivity index (χ1n) is 7.09. The van der Waals surface area contributed by atoms with Gasteiger partial charge in [-0.25, -0.2) is 0 Å². The number of piperazine rings is 1. The van der Waals surface area contributed by atoms with Gasteiger partial charge in [-0.1, -0.05) is 13.0 Å². The van der Waals surface area contributed by atoms with Crippen molar-refractivity contribution in [1.82, 2.24) is 10.2 Å². The van der Waals surface area contributed by atoms with E-state index in [1.807, 2.05) is 12.1 Å². The molecule has 2 aliphatic rings. The second kappa shape index (κ2) is 4.90. The topological polar surface area (TPSA) is 35.5 Å². The zero-order chi connectivity index (χ0) is 12.5. The van der Waals surface area contributed by atoms with Crippen molar-refractivity contribution in [2.45, 2.75) is 38.3 Å². The van der Waals surface area contributed by atoms with Crippen LogP contribution in [-0.4, -0.2) is 35.7 Å². The fourth-order valence-corrected chi connectivity index (χ4v) is 3.51. The van der Waals surface area contributed by atoms with E-state index in [4.69, 9.17) is 0 Å². The number of benzene rings is 1. The molecule has 0 saturated carbocycles. The van der Waals surface area contributed by atoms with Gasteiger partial charge in [-0.05, 0) is 49.1 Å². The largest absolute Gasteiger partial charge is 0.508 e. The zero-order valence-electron chi connectivity index (χ0n) is 11.0. The Morgan fingerprint density at radius 2 is 2.33 bits per heavy atom. The molecule has 0 bridgehead atoms. The fraction of sp³-hybridized carbons (Fsp3) is 0.600. The molecule has 2 N–H and O–H groups in total. The van der Waals surface area contributed by atoms with Crippen molar-refractivity contribution >= 4 is 0 Å². The summed E-state index contributed by atoms with van der Waals surface area (Å²) in [5.41, 5.74) is 2.71.